The Bertz CT molecular complexity index is 858. The maximum atomic E-state index is 12.8. The van der Waals surface area contributed by atoms with Crippen LogP contribution in [0.25, 0.3) is 0 Å². The van der Waals surface area contributed by atoms with Gasteiger partial charge in [-0.2, -0.15) is 13.5 Å². The predicted molar refractivity (Wildman–Crippen MR) is 93.7 cm³/mol. The topological polar surface area (TPSA) is 89.8 Å². The number of fused-ring (bicyclic) bond motifs is 1. The number of sulfonamides is 1. The van der Waals surface area contributed by atoms with E-state index in [2.05, 4.69) is 19.8 Å². The van der Waals surface area contributed by atoms with Crippen LogP contribution in [0.4, 0.5) is 5.95 Å². The standard InChI is InChI=1S/C17H23N5O2S/c23-25(24,16-9-10-19-22(16)12-13-5-4-6-13)21-17-18-11-14-7-2-1-3-8-15(14)20-17/h9-11,13H,1-8,12H2,(H,18,20,21). The van der Waals surface area contributed by atoms with E-state index in [1.807, 2.05) is 0 Å². The molecule has 7 nitrogen and oxygen atoms in total. The Morgan fingerprint density at radius 1 is 1.16 bits per heavy atom. The van der Waals surface area contributed by atoms with Gasteiger partial charge in [0.05, 0.1) is 6.20 Å². The van der Waals surface area contributed by atoms with Crippen LogP contribution in [0, 0.1) is 5.92 Å². The minimum atomic E-state index is -3.74. The van der Waals surface area contributed by atoms with Crippen molar-refractivity contribution in [2.75, 3.05) is 4.72 Å². The molecule has 0 saturated heterocycles. The largest absolute Gasteiger partial charge is 0.281 e. The lowest BCUT2D eigenvalue weighted by molar-refractivity contribution is 0.258. The molecule has 134 valence electrons. The summed E-state index contributed by atoms with van der Waals surface area (Å²) in [5.74, 6) is 0.676. The highest BCUT2D eigenvalue weighted by Crippen LogP contribution is 2.28. The maximum absolute atomic E-state index is 12.8. The van der Waals surface area contributed by atoms with Crippen molar-refractivity contribution in [1.82, 2.24) is 19.7 Å². The smallest absolute Gasteiger partial charge is 0.252 e. The van der Waals surface area contributed by atoms with E-state index in [0.717, 1.165) is 49.8 Å². The number of aromatic nitrogens is 4. The molecule has 0 aliphatic heterocycles. The average molecular weight is 361 g/mol. The molecule has 2 aliphatic carbocycles. The van der Waals surface area contributed by atoms with Gasteiger partial charge in [0.1, 0.15) is 0 Å². The van der Waals surface area contributed by atoms with Gasteiger partial charge in [-0.1, -0.05) is 12.8 Å². The molecular formula is C17H23N5O2S. The van der Waals surface area contributed by atoms with Crippen LogP contribution in [0.3, 0.4) is 0 Å². The number of nitrogens with one attached hydrogen (secondary N) is 1. The highest BCUT2D eigenvalue weighted by atomic mass is 32.2. The lowest BCUT2D eigenvalue weighted by Crippen LogP contribution is -2.24. The van der Waals surface area contributed by atoms with E-state index in [-0.39, 0.29) is 11.0 Å². The summed E-state index contributed by atoms with van der Waals surface area (Å²) >= 11 is 0. The SMILES string of the molecule is O=S(=O)(Nc1ncc2c(n1)CCCCC2)c1ccnn1CC1CCC1. The van der Waals surface area contributed by atoms with Crippen molar-refractivity contribution >= 4 is 16.0 Å². The minimum Gasteiger partial charge on any atom is -0.252 e. The molecule has 0 spiro atoms. The summed E-state index contributed by atoms with van der Waals surface area (Å²) in [6, 6.07) is 1.53. The number of hydrogen-bond acceptors (Lipinski definition) is 5. The van der Waals surface area contributed by atoms with Crippen molar-refractivity contribution in [2.45, 2.75) is 62.9 Å². The first kappa shape index (κ1) is 16.5. The van der Waals surface area contributed by atoms with E-state index >= 15 is 0 Å². The van der Waals surface area contributed by atoms with Crippen LogP contribution in [-0.2, 0) is 29.4 Å². The normalized spacial score (nSPS) is 18.2. The maximum Gasteiger partial charge on any atom is 0.281 e. The van der Waals surface area contributed by atoms with Gasteiger partial charge in [0.15, 0.2) is 5.03 Å². The van der Waals surface area contributed by atoms with Crippen molar-refractivity contribution < 1.29 is 8.42 Å². The van der Waals surface area contributed by atoms with Gasteiger partial charge in [-0.3, -0.25) is 4.68 Å². The predicted octanol–water partition coefficient (Wildman–Crippen LogP) is 2.54. The molecule has 0 amide bonds. The number of nitrogens with zero attached hydrogens (tertiary/aromatic N) is 4. The lowest BCUT2D eigenvalue weighted by atomic mass is 9.85. The quantitative estimate of drug-likeness (QED) is 0.827. The Morgan fingerprint density at radius 2 is 2.00 bits per heavy atom. The fourth-order valence-electron chi connectivity index (χ4n) is 3.48. The molecule has 0 atom stereocenters. The second-order valence-corrected chi connectivity index (χ2v) is 8.61. The third kappa shape index (κ3) is 3.53. The zero-order chi connectivity index (χ0) is 17.3. The number of hydrogen-bond donors (Lipinski definition) is 1. The molecular weight excluding hydrogens is 338 g/mol. The van der Waals surface area contributed by atoms with E-state index in [0.29, 0.717) is 12.5 Å². The molecule has 0 unspecified atom stereocenters. The van der Waals surface area contributed by atoms with E-state index in [1.54, 1.807) is 10.9 Å². The van der Waals surface area contributed by atoms with Crippen molar-refractivity contribution in [3.8, 4) is 0 Å². The van der Waals surface area contributed by atoms with Crippen LogP contribution < -0.4 is 4.72 Å². The van der Waals surface area contributed by atoms with E-state index in [9.17, 15) is 8.42 Å². The van der Waals surface area contributed by atoms with Crippen molar-refractivity contribution in [3.63, 3.8) is 0 Å². The number of anilines is 1. The zero-order valence-corrected chi connectivity index (χ0v) is 15.0. The summed E-state index contributed by atoms with van der Waals surface area (Å²) in [6.07, 6.45) is 12.0. The lowest BCUT2D eigenvalue weighted by Gasteiger charge is -2.25. The molecule has 0 bridgehead atoms. The van der Waals surface area contributed by atoms with Gasteiger partial charge in [0.25, 0.3) is 10.0 Å². The first-order valence-corrected chi connectivity index (χ1v) is 10.5. The Kier molecular flexibility index (Phi) is 4.45. The highest BCUT2D eigenvalue weighted by Gasteiger charge is 2.25. The van der Waals surface area contributed by atoms with Crippen LogP contribution in [0.5, 0.6) is 0 Å². The molecule has 25 heavy (non-hydrogen) atoms. The number of aryl methyl sites for hydroxylation is 2. The van der Waals surface area contributed by atoms with Crippen molar-refractivity contribution in [2.24, 2.45) is 5.92 Å². The van der Waals surface area contributed by atoms with Crippen LogP contribution in [0.1, 0.15) is 49.8 Å². The molecule has 0 aromatic carbocycles. The van der Waals surface area contributed by atoms with Crippen molar-refractivity contribution in [1.29, 1.82) is 0 Å². The van der Waals surface area contributed by atoms with E-state index < -0.39 is 10.0 Å². The van der Waals surface area contributed by atoms with Gasteiger partial charge >= 0.3 is 0 Å². The van der Waals surface area contributed by atoms with Crippen LogP contribution in [-0.4, -0.2) is 28.2 Å². The van der Waals surface area contributed by atoms with E-state index in [1.165, 1.54) is 25.1 Å². The summed E-state index contributed by atoms with van der Waals surface area (Å²) in [6.45, 7) is 0.647. The van der Waals surface area contributed by atoms with E-state index in [4.69, 9.17) is 0 Å². The summed E-state index contributed by atoms with van der Waals surface area (Å²) in [4.78, 5) is 8.67. The minimum absolute atomic E-state index is 0.150. The van der Waals surface area contributed by atoms with Gasteiger partial charge in [0, 0.05) is 18.4 Å². The average Bonchev–Trinajstić information content (AvgIpc) is 2.90. The molecule has 1 saturated carbocycles. The van der Waals surface area contributed by atoms with Crippen LogP contribution >= 0.6 is 0 Å². The molecule has 2 aromatic rings. The molecule has 0 radical (unpaired) electrons. The molecule has 2 aliphatic rings. The molecule has 1 N–H and O–H groups in total. The van der Waals surface area contributed by atoms with Crippen LogP contribution in [0.2, 0.25) is 0 Å². The molecule has 2 heterocycles. The van der Waals surface area contributed by atoms with Gasteiger partial charge in [-0.25, -0.2) is 14.7 Å². The summed E-state index contributed by atoms with van der Waals surface area (Å²) in [7, 11) is -3.74. The molecule has 4 rings (SSSR count). The third-order valence-electron chi connectivity index (χ3n) is 5.15. The monoisotopic (exact) mass is 361 g/mol. The summed E-state index contributed by atoms with van der Waals surface area (Å²) in [5, 5.41) is 4.36. The Morgan fingerprint density at radius 3 is 2.80 bits per heavy atom. The fourth-order valence-corrected chi connectivity index (χ4v) is 4.56. The molecule has 1 fully saturated rings. The Hall–Kier alpha value is -1.96. The first-order chi connectivity index (χ1) is 12.1. The second-order valence-electron chi connectivity index (χ2n) is 6.98. The van der Waals surface area contributed by atoms with Gasteiger partial charge in [-0.15, -0.1) is 0 Å². The zero-order valence-electron chi connectivity index (χ0n) is 14.2. The third-order valence-corrected chi connectivity index (χ3v) is 6.50. The molecule has 2 aromatic heterocycles. The fraction of sp³-hybridized carbons (Fsp3) is 0.588. The van der Waals surface area contributed by atoms with Gasteiger partial charge < -0.3 is 0 Å². The first-order valence-electron chi connectivity index (χ1n) is 9.01. The Labute approximate surface area is 147 Å². The Balaban J connectivity index is 1.55. The number of rotatable bonds is 5. The van der Waals surface area contributed by atoms with Gasteiger partial charge in [-0.05, 0) is 56.1 Å². The summed E-state index contributed by atoms with van der Waals surface area (Å²) in [5.41, 5.74) is 2.10. The second kappa shape index (κ2) is 6.74. The highest BCUT2D eigenvalue weighted by molar-refractivity contribution is 7.92. The molecule has 8 heteroatoms. The van der Waals surface area contributed by atoms with Crippen molar-refractivity contribution in [3.05, 3.63) is 29.7 Å². The van der Waals surface area contributed by atoms with Crippen LogP contribution in [0.15, 0.2) is 23.5 Å². The summed E-state index contributed by atoms with van der Waals surface area (Å²) < 4.78 is 29.6. The van der Waals surface area contributed by atoms with Gasteiger partial charge in [0.2, 0.25) is 5.95 Å².